The third-order valence-corrected chi connectivity index (χ3v) is 3.83. The minimum Gasteiger partial charge on any atom is -0.467 e. The van der Waals surface area contributed by atoms with Gasteiger partial charge in [0.2, 0.25) is 0 Å². The Kier molecular flexibility index (Phi) is 4.78. The Balaban J connectivity index is 2.60. The first-order valence-corrected chi connectivity index (χ1v) is 7.09. The first kappa shape index (κ1) is 16.0. The lowest BCUT2D eigenvalue weighted by molar-refractivity contribution is -0.165. The van der Waals surface area contributed by atoms with Crippen LogP contribution in [0.1, 0.15) is 22.6 Å². The largest absolute Gasteiger partial charge is 0.467 e. The topological polar surface area (TPSA) is 46.5 Å². The van der Waals surface area contributed by atoms with Gasteiger partial charge in [-0.05, 0) is 18.1 Å². The zero-order valence-electron chi connectivity index (χ0n) is 12.8. The van der Waals surface area contributed by atoms with Crippen LogP contribution < -0.4 is 0 Å². The molecule has 0 bridgehead atoms. The van der Waals surface area contributed by atoms with E-state index < -0.39 is 17.5 Å². The van der Waals surface area contributed by atoms with Crippen LogP contribution >= 0.6 is 0 Å². The van der Waals surface area contributed by atoms with Gasteiger partial charge in [0.25, 0.3) is 0 Å². The molecule has 2 aromatic rings. The summed E-state index contributed by atoms with van der Waals surface area (Å²) >= 11 is 0. The summed E-state index contributed by atoms with van der Waals surface area (Å²) in [7, 11) is 1.27. The molecule has 2 rings (SSSR count). The molecule has 0 aliphatic rings. The average Bonchev–Trinajstić information content (AvgIpc) is 2.56. The minimum atomic E-state index is -1.81. The van der Waals surface area contributed by atoms with Gasteiger partial charge in [-0.15, -0.1) is 6.58 Å². The summed E-state index contributed by atoms with van der Waals surface area (Å²) in [6.07, 6.45) is 1.58. The summed E-state index contributed by atoms with van der Waals surface area (Å²) in [5, 5.41) is 11.2. The second-order valence-corrected chi connectivity index (χ2v) is 5.25. The van der Waals surface area contributed by atoms with E-state index in [2.05, 4.69) is 6.58 Å². The number of hydrogen-bond acceptors (Lipinski definition) is 3. The molecule has 0 saturated heterocycles. The van der Waals surface area contributed by atoms with Crippen LogP contribution in [0.25, 0.3) is 0 Å². The van der Waals surface area contributed by atoms with E-state index in [1.54, 1.807) is 18.2 Å². The number of aryl methyl sites for hydroxylation is 1. The van der Waals surface area contributed by atoms with E-state index in [-0.39, 0.29) is 0 Å². The van der Waals surface area contributed by atoms with Crippen LogP contribution in [0.5, 0.6) is 0 Å². The van der Waals surface area contributed by atoms with E-state index in [1.165, 1.54) is 7.11 Å². The molecule has 0 spiro atoms. The molecule has 2 atom stereocenters. The second kappa shape index (κ2) is 6.58. The Hall–Kier alpha value is -2.39. The van der Waals surface area contributed by atoms with Gasteiger partial charge >= 0.3 is 5.97 Å². The quantitative estimate of drug-likeness (QED) is 0.680. The predicted molar refractivity (Wildman–Crippen MR) is 86.5 cm³/mol. The Morgan fingerprint density at radius 3 is 2.27 bits per heavy atom. The molecule has 0 heterocycles. The molecule has 3 nitrogen and oxygen atoms in total. The number of methoxy groups -OCH3 is 1. The summed E-state index contributed by atoms with van der Waals surface area (Å²) in [4.78, 5) is 12.4. The molecular formula is C19H20O3. The molecule has 114 valence electrons. The smallest absolute Gasteiger partial charge is 0.343 e. The van der Waals surface area contributed by atoms with Crippen LogP contribution in [0, 0.1) is 6.92 Å². The van der Waals surface area contributed by atoms with Gasteiger partial charge in [-0.2, -0.15) is 0 Å². The zero-order chi connectivity index (χ0) is 16.2. The summed E-state index contributed by atoms with van der Waals surface area (Å²) < 4.78 is 4.87. The maximum absolute atomic E-state index is 12.4. The number of benzene rings is 2. The van der Waals surface area contributed by atoms with Crippen molar-refractivity contribution in [3.05, 3.63) is 83.9 Å². The maximum Gasteiger partial charge on any atom is 0.343 e. The molecule has 0 aliphatic carbocycles. The zero-order valence-corrected chi connectivity index (χ0v) is 12.8. The van der Waals surface area contributed by atoms with Crippen molar-refractivity contribution < 1.29 is 14.6 Å². The minimum absolute atomic E-state index is 0.485. The first-order valence-electron chi connectivity index (χ1n) is 7.09. The lowest BCUT2D eigenvalue weighted by Gasteiger charge is -2.32. The van der Waals surface area contributed by atoms with Gasteiger partial charge < -0.3 is 9.84 Å². The van der Waals surface area contributed by atoms with Crippen molar-refractivity contribution in [2.24, 2.45) is 0 Å². The lowest BCUT2D eigenvalue weighted by Crippen LogP contribution is -2.42. The molecular weight excluding hydrogens is 276 g/mol. The monoisotopic (exact) mass is 296 g/mol. The number of aliphatic hydroxyl groups is 1. The molecule has 0 fully saturated rings. The molecule has 0 saturated carbocycles. The standard InChI is InChI=1S/C19H20O3/c1-4-17(15-8-6-5-7-9-15)19(21,18(20)22-3)16-12-10-14(2)11-13-16/h4-13,17,21H,1H2,2-3H3/t17-,19+/m0/s1. The van der Waals surface area contributed by atoms with Gasteiger partial charge in [0.1, 0.15) is 0 Å². The van der Waals surface area contributed by atoms with Crippen molar-refractivity contribution in [2.75, 3.05) is 7.11 Å². The molecule has 1 N–H and O–H groups in total. The highest BCUT2D eigenvalue weighted by molar-refractivity contribution is 5.83. The van der Waals surface area contributed by atoms with Crippen LogP contribution in [0.15, 0.2) is 67.3 Å². The molecule has 0 aliphatic heterocycles. The molecule has 0 unspecified atom stereocenters. The van der Waals surface area contributed by atoms with Crippen LogP contribution in [-0.2, 0) is 15.1 Å². The van der Waals surface area contributed by atoms with E-state index >= 15 is 0 Å². The van der Waals surface area contributed by atoms with E-state index in [4.69, 9.17) is 4.74 Å². The van der Waals surface area contributed by atoms with E-state index in [9.17, 15) is 9.90 Å². The normalized spacial score (nSPS) is 14.7. The molecule has 0 amide bonds. The Morgan fingerprint density at radius 2 is 1.77 bits per heavy atom. The fourth-order valence-corrected chi connectivity index (χ4v) is 2.60. The van der Waals surface area contributed by atoms with Crippen LogP contribution in [0.4, 0.5) is 0 Å². The van der Waals surface area contributed by atoms with Gasteiger partial charge in [-0.1, -0.05) is 66.2 Å². The molecule has 2 aromatic carbocycles. The summed E-state index contributed by atoms with van der Waals surface area (Å²) in [5.74, 6) is -1.31. The Morgan fingerprint density at radius 1 is 1.18 bits per heavy atom. The van der Waals surface area contributed by atoms with E-state index in [1.807, 2.05) is 49.4 Å². The third-order valence-electron chi connectivity index (χ3n) is 3.83. The van der Waals surface area contributed by atoms with Crippen LogP contribution in [0.3, 0.4) is 0 Å². The van der Waals surface area contributed by atoms with Crippen LogP contribution in [0.2, 0.25) is 0 Å². The highest BCUT2D eigenvalue weighted by atomic mass is 16.5. The SMILES string of the molecule is C=C[C@@H](c1ccccc1)[C@@](O)(C(=O)OC)c1ccc(C)cc1. The number of ether oxygens (including phenoxy) is 1. The van der Waals surface area contributed by atoms with Crippen molar-refractivity contribution in [2.45, 2.75) is 18.4 Å². The van der Waals surface area contributed by atoms with Gasteiger partial charge in [0.05, 0.1) is 7.11 Å². The molecule has 0 radical (unpaired) electrons. The second-order valence-electron chi connectivity index (χ2n) is 5.25. The maximum atomic E-state index is 12.4. The summed E-state index contributed by atoms with van der Waals surface area (Å²) in [6.45, 7) is 5.74. The predicted octanol–water partition coefficient (Wildman–Crippen LogP) is 3.33. The van der Waals surface area contributed by atoms with Crippen molar-refractivity contribution in [1.82, 2.24) is 0 Å². The van der Waals surface area contributed by atoms with Crippen molar-refractivity contribution in [1.29, 1.82) is 0 Å². The molecule has 3 heteroatoms. The number of esters is 1. The highest BCUT2D eigenvalue weighted by Crippen LogP contribution is 2.39. The fourth-order valence-electron chi connectivity index (χ4n) is 2.60. The number of rotatable bonds is 5. The summed E-state index contributed by atoms with van der Waals surface area (Å²) in [5.41, 5.74) is 0.515. The molecule has 22 heavy (non-hydrogen) atoms. The van der Waals surface area contributed by atoms with Crippen molar-refractivity contribution >= 4 is 5.97 Å². The highest BCUT2D eigenvalue weighted by Gasteiger charge is 2.46. The number of carbonyl (C=O) groups excluding carboxylic acids is 1. The van der Waals surface area contributed by atoms with Crippen molar-refractivity contribution in [3.8, 4) is 0 Å². The average molecular weight is 296 g/mol. The Bertz CT molecular complexity index is 646. The number of carbonyl (C=O) groups is 1. The van der Waals surface area contributed by atoms with E-state index in [0.29, 0.717) is 5.56 Å². The number of hydrogen-bond donors (Lipinski definition) is 1. The van der Waals surface area contributed by atoms with Gasteiger partial charge in [-0.3, -0.25) is 0 Å². The molecule has 0 aromatic heterocycles. The van der Waals surface area contributed by atoms with E-state index in [0.717, 1.165) is 11.1 Å². The van der Waals surface area contributed by atoms with Crippen LogP contribution in [-0.4, -0.2) is 18.2 Å². The van der Waals surface area contributed by atoms with Gasteiger partial charge in [0.15, 0.2) is 5.60 Å². The third kappa shape index (κ3) is 2.81. The van der Waals surface area contributed by atoms with Crippen molar-refractivity contribution in [3.63, 3.8) is 0 Å². The Labute approximate surface area is 130 Å². The van der Waals surface area contributed by atoms with Gasteiger partial charge in [-0.25, -0.2) is 4.79 Å². The lowest BCUT2D eigenvalue weighted by atomic mass is 9.77. The van der Waals surface area contributed by atoms with Gasteiger partial charge in [0, 0.05) is 5.92 Å². The fraction of sp³-hybridized carbons (Fsp3) is 0.211. The first-order chi connectivity index (χ1) is 10.5. The summed E-state index contributed by atoms with van der Waals surface area (Å²) in [6, 6.07) is 16.5.